The van der Waals surface area contributed by atoms with Gasteiger partial charge in [0.2, 0.25) is 0 Å². The Balaban J connectivity index is 1.75. The van der Waals surface area contributed by atoms with E-state index in [-0.39, 0.29) is 16.5 Å². The summed E-state index contributed by atoms with van der Waals surface area (Å²) in [6.07, 6.45) is -4.57. The number of halogens is 3. The summed E-state index contributed by atoms with van der Waals surface area (Å²) in [6, 6.07) is 19.7. The van der Waals surface area contributed by atoms with E-state index in [4.69, 9.17) is 0 Å². The van der Waals surface area contributed by atoms with Crippen molar-refractivity contribution in [2.24, 2.45) is 0 Å². The summed E-state index contributed by atoms with van der Waals surface area (Å²) in [5.41, 5.74) is 3.10. The number of alkyl halides is 3. The van der Waals surface area contributed by atoms with Crippen LogP contribution < -0.4 is 5.32 Å². The predicted molar refractivity (Wildman–Crippen MR) is 119 cm³/mol. The van der Waals surface area contributed by atoms with Gasteiger partial charge >= 0.3 is 12.1 Å². The van der Waals surface area contributed by atoms with E-state index in [1.807, 2.05) is 55.5 Å². The van der Waals surface area contributed by atoms with Gasteiger partial charge in [-0.3, -0.25) is 0 Å². The Kier molecular flexibility index (Phi) is 5.57. The number of benzene rings is 3. The van der Waals surface area contributed by atoms with E-state index < -0.39 is 17.7 Å². The van der Waals surface area contributed by atoms with Crippen molar-refractivity contribution in [1.82, 2.24) is 4.98 Å². The molecule has 1 heterocycles. The average Bonchev–Trinajstić information content (AvgIpc) is 2.78. The van der Waals surface area contributed by atoms with Gasteiger partial charge in [-0.1, -0.05) is 36.4 Å². The van der Waals surface area contributed by atoms with Crippen molar-refractivity contribution in [2.75, 3.05) is 11.9 Å². The van der Waals surface area contributed by atoms with Crippen LogP contribution in [0, 0.1) is 0 Å². The highest BCUT2D eigenvalue weighted by molar-refractivity contribution is 6.04. The molecule has 0 aliphatic heterocycles. The minimum atomic E-state index is -4.57. The summed E-state index contributed by atoms with van der Waals surface area (Å²) in [7, 11) is 0. The van der Waals surface area contributed by atoms with Crippen molar-refractivity contribution in [3.05, 3.63) is 83.9 Å². The molecule has 0 aliphatic carbocycles. The summed E-state index contributed by atoms with van der Waals surface area (Å²) >= 11 is 0. The monoisotopic (exact) mass is 436 g/mol. The Morgan fingerprint density at radius 3 is 2.31 bits per heavy atom. The number of hydrogen-bond acceptors (Lipinski definition) is 3. The van der Waals surface area contributed by atoms with E-state index in [9.17, 15) is 23.1 Å². The molecule has 32 heavy (non-hydrogen) atoms. The number of aromatic carboxylic acids is 1. The lowest BCUT2D eigenvalue weighted by Gasteiger charge is -2.11. The van der Waals surface area contributed by atoms with Crippen LogP contribution in [0.15, 0.2) is 72.8 Å². The highest BCUT2D eigenvalue weighted by Gasteiger charge is 2.31. The molecule has 0 fully saturated rings. The topological polar surface area (TPSA) is 62.2 Å². The van der Waals surface area contributed by atoms with E-state index in [1.165, 1.54) is 12.1 Å². The van der Waals surface area contributed by atoms with Crippen molar-refractivity contribution in [3.63, 3.8) is 0 Å². The molecule has 3 aromatic carbocycles. The summed E-state index contributed by atoms with van der Waals surface area (Å²) in [4.78, 5) is 16.2. The lowest BCUT2D eigenvalue weighted by Crippen LogP contribution is -2.06. The zero-order valence-electron chi connectivity index (χ0n) is 17.1. The van der Waals surface area contributed by atoms with Crippen LogP contribution in [0.4, 0.5) is 18.9 Å². The molecule has 0 amide bonds. The minimum Gasteiger partial charge on any atom is -0.478 e. The molecule has 0 atom stereocenters. The molecule has 0 bridgehead atoms. The van der Waals surface area contributed by atoms with Gasteiger partial charge in [0, 0.05) is 23.2 Å². The van der Waals surface area contributed by atoms with Crippen LogP contribution in [0.2, 0.25) is 0 Å². The maximum absolute atomic E-state index is 13.1. The molecule has 0 saturated heterocycles. The number of nitrogens with zero attached hydrogens (tertiary/aromatic N) is 1. The molecule has 0 spiro atoms. The second-order valence-electron chi connectivity index (χ2n) is 7.28. The molecule has 0 saturated carbocycles. The number of fused-ring (bicyclic) bond motifs is 1. The van der Waals surface area contributed by atoms with Crippen molar-refractivity contribution >= 4 is 22.6 Å². The first kappa shape index (κ1) is 21.4. The molecular weight excluding hydrogens is 417 g/mol. The SMILES string of the molecule is CCNc1cccc(-c2ccc(-c3cc(C(=O)O)c4cc(C(F)(F)F)ccc4n3)cc2)c1. The zero-order chi connectivity index (χ0) is 22.9. The van der Waals surface area contributed by atoms with Gasteiger partial charge in [0.15, 0.2) is 0 Å². The fourth-order valence-electron chi connectivity index (χ4n) is 3.57. The van der Waals surface area contributed by atoms with Gasteiger partial charge in [-0.15, -0.1) is 0 Å². The quantitative estimate of drug-likeness (QED) is 0.365. The number of anilines is 1. The normalized spacial score (nSPS) is 11.5. The highest BCUT2D eigenvalue weighted by atomic mass is 19.4. The number of rotatable bonds is 5. The molecule has 162 valence electrons. The predicted octanol–water partition coefficient (Wildman–Crippen LogP) is 6.72. The first-order chi connectivity index (χ1) is 15.3. The number of pyridine rings is 1. The third kappa shape index (κ3) is 4.27. The first-order valence-electron chi connectivity index (χ1n) is 9.96. The van der Waals surface area contributed by atoms with Crippen LogP contribution >= 0.6 is 0 Å². The molecule has 7 heteroatoms. The van der Waals surface area contributed by atoms with E-state index in [2.05, 4.69) is 10.3 Å². The molecule has 1 aromatic heterocycles. The van der Waals surface area contributed by atoms with E-state index in [0.29, 0.717) is 11.3 Å². The van der Waals surface area contributed by atoms with Crippen molar-refractivity contribution < 1.29 is 23.1 Å². The van der Waals surface area contributed by atoms with Gasteiger partial charge in [-0.05, 0) is 54.4 Å². The molecule has 4 rings (SSSR count). The summed E-state index contributed by atoms with van der Waals surface area (Å²) in [6.45, 7) is 2.83. The molecule has 0 aliphatic rings. The Labute approximate surface area is 182 Å². The average molecular weight is 436 g/mol. The minimum absolute atomic E-state index is 0.0482. The lowest BCUT2D eigenvalue weighted by atomic mass is 9.99. The maximum Gasteiger partial charge on any atom is 0.416 e. The number of carboxylic acid groups (broad SMARTS) is 1. The third-order valence-electron chi connectivity index (χ3n) is 5.12. The Hall–Kier alpha value is -3.87. The number of nitrogens with one attached hydrogen (secondary N) is 1. The molecule has 2 N–H and O–H groups in total. The molecule has 4 aromatic rings. The highest BCUT2D eigenvalue weighted by Crippen LogP contribution is 2.34. The third-order valence-corrected chi connectivity index (χ3v) is 5.12. The maximum atomic E-state index is 13.1. The van der Waals surface area contributed by atoms with E-state index >= 15 is 0 Å². The second kappa shape index (κ2) is 8.34. The fraction of sp³-hybridized carbons (Fsp3) is 0.120. The van der Waals surface area contributed by atoms with Gasteiger partial charge in [0.25, 0.3) is 0 Å². The van der Waals surface area contributed by atoms with Crippen LogP contribution in [0.5, 0.6) is 0 Å². The largest absolute Gasteiger partial charge is 0.478 e. The van der Waals surface area contributed by atoms with Crippen LogP contribution in [-0.4, -0.2) is 22.6 Å². The number of carbonyl (C=O) groups is 1. The molecule has 0 unspecified atom stereocenters. The standard InChI is InChI=1S/C25H19F3N2O2/c1-2-29-19-5-3-4-17(12-19)15-6-8-16(9-7-15)23-14-21(24(31)32)20-13-18(25(26,27)28)10-11-22(20)30-23/h3-14,29H,2H2,1H3,(H,31,32). The summed E-state index contributed by atoms with van der Waals surface area (Å²) in [5.74, 6) is -1.31. The molecule has 0 radical (unpaired) electrons. The first-order valence-corrected chi connectivity index (χ1v) is 9.96. The second-order valence-corrected chi connectivity index (χ2v) is 7.28. The Bertz CT molecular complexity index is 1300. The van der Waals surface area contributed by atoms with Gasteiger partial charge in [-0.25, -0.2) is 9.78 Å². The smallest absolute Gasteiger partial charge is 0.416 e. The summed E-state index contributed by atoms with van der Waals surface area (Å²) < 4.78 is 39.2. The van der Waals surface area contributed by atoms with E-state index in [1.54, 1.807) is 0 Å². The Morgan fingerprint density at radius 2 is 1.66 bits per heavy atom. The van der Waals surface area contributed by atoms with Crippen LogP contribution in [0.25, 0.3) is 33.3 Å². The van der Waals surface area contributed by atoms with Gasteiger partial charge in [0.1, 0.15) is 0 Å². The number of aromatic nitrogens is 1. The van der Waals surface area contributed by atoms with Crippen LogP contribution in [0.3, 0.4) is 0 Å². The molecular formula is C25H19F3N2O2. The van der Waals surface area contributed by atoms with Crippen molar-refractivity contribution in [1.29, 1.82) is 0 Å². The molecule has 4 nitrogen and oxygen atoms in total. The van der Waals surface area contributed by atoms with Crippen molar-refractivity contribution in [2.45, 2.75) is 13.1 Å². The lowest BCUT2D eigenvalue weighted by molar-refractivity contribution is -0.137. The fourth-order valence-corrected chi connectivity index (χ4v) is 3.57. The van der Waals surface area contributed by atoms with Crippen LogP contribution in [-0.2, 0) is 6.18 Å². The van der Waals surface area contributed by atoms with Crippen LogP contribution in [0.1, 0.15) is 22.8 Å². The van der Waals surface area contributed by atoms with Gasteiger partial charge in [0.05, 0.1) is 22.3 Å². The van der Waals surface area contributed by atoms with Gasteiger partial charge < -0.3 is 10.4 Å². The summed E-state index contributed by atoms with van der Waals surface area (Å²) in [5, 5.41) is 12.8. The van der Waals surface area contributed by atoms with E-state index in [0.717, 1.165) is 35.5 Å². The van der Waals surface area contributed by atoms with Crippen molar-refractivity contribution in [3.8, 4) is 22.4 Å². The zero-order valence-corrected chi connectivity index (χ0v) is 17.1. The van der Waals surface area contributed by atoms with Gasteiger partial charge in [-0.2, -0.15) is 13.2 Å². The Morgan fingerprint density at radius 1 is 0.938 bits per heavy atom. The number of hydrogen-bond donors (Lipinski definition) is 2. The number of carboxylic acids is 1.